The second-order valence-electron chi connectivity index (χ2n) is 1.78. The zero-order chi connectivity index (χ0) is 7.98. The summed E-state index contributed by atoms with van der Waals surface area (Å²) in [7, 11) is 0. The predicted octanol–water partition coefficient (Wildman–Crippen LogP) is 1.17. The number of hydrogen-bond donors (Lipinski definition) is 0. The molecule has 0 fully saturated rings. The third-order valence-electron chi connectivity index (χ3n) is 0.909. The van der Waals surface area contributed by atoms with Crippen molar-refractivity contribution in [3.8, 4) is 0 Å². The molecule has 11 heavy (non-hydrogen) atoms. The summed E-state index contributed by atoms with van der Waals surface area (Å²) in [5.41, 5.74) is -0.232. The summed E-state index contributed by atoms with van der Waals surface area (Å²) < 4.78 is 4.51. The Kier molecular flexibility index (Phi) is 10.4. The van der Waals surface area contributed by atoms with E-state index in [1.807, 2.05) is 0 Å². The molecule has 0 N–H and O–H groups in total. The fourth-order valence-electron chi connectivity index (χ4n) is 0.491. The molecule has 0 saturated carbocycles. The summed E-state index contributed by atoms with van der Waals surface area (Å²) in [6.45, 7) is 3.75. The van der Waals surface area contributed by atoms with Crippen LogP contribution in [0, 0.1) is 37.5 Å². The Hall–Kier alpha value is 0.192. The smallest absolute Gasteiger partial charge is 0.804 e. The van der Waals surface area contributed by atoms with Crippen molar-refractivity contribution in [2.45, 2.75) is 20.3 Å². The van der Waals surface area contributed by atoms with Crippen LogP contribution in [0.15, 0.2) is 0 Å². The van der Waals surface area contributed by atoms with E-state index in [0.29, 0.717) is 6.61 Å². The molecule has 4 heteroatoms. The standard InChI is InChI=1S/C7H11NO2.U/c1-3-5-6(8)7(9)10-4-2;/h3H,4-5H2,1-2H3;/q-2;+2. The van der Waals surface area contributed by atoms with E-state index in [1.165, 1.54) is 0 Å². The maximum Gasteiger partial charge on any atom is 2.00 e. The van der Waals surface area contributed by atoms with Gasteiger partial charge in [0.2, 0.25) is 0 Å². The first-order valence-electron chi connectivity index (χ1n) is 3.22. The Labute approximate surface area is 90.8 Å². The molecule has 0 rings (SSSR count). The third kappa shape index (κ3) is 6.58. The summed E-state index contributed by atoms with van der Waals surface area (Å²) in [5.74, 6) is -0.624. The quantitative estimate of drug-likeness (QED) is 0.419. The van der Waals surface area contributed by atoms with Crippen molar-refractivity contribution in [3.63, 3.8) is 0 Å². The first kappa shape index (κ1) is 13.8. The van der Waals surface area contributed by atoms with Crippen molar-refractivity contribution in [1.82, 2.24) is 0 Å². The summed E-state index contributed by atoms with van der Waals surface area (Å²) in [4.78, 5) is 10.6. The summed E-state index contributed by atoms with van der Waals surface area (Å²) in [5, 5.41) is 8.86. The molecule has 0 amide bonds. The van der Waals surface area contributed by atoms with Crippen LogP contribution in [-0.4, -0.2) is 18.3 Å². The number of esters is 1. The summed E-state index contributed by atoms with van der Waals surface area (Å²) in [6, 6.07) is 0. The van der Waals surface area contributed by atoms with Crippen LogP contribution >= 0.6 is 0 Å². The van der Waals surface area contributed by atoms with Gasteiger partial charge in [-0.15, -0.1) is 5.71 Å². The van der Waals surface area contributed by atoms with E-state index in [-0.39, 0.29) is 43.2 Å². The molecule has 0 bridgehead atoms. The van der Waals surface area contributed by atoms with Crippen LogP contribution < -0.4 is 0 Å². The minimum absolute atomic E-state index is 0. The maximum atomic E-state index is 10.6. The SMILES string of the molecule is C[CH-]CC(=[N-])C(=O)OCC.[U+2]. The number of carbonyl (C=O) groups excluding carboxylic acids is 1. The van der Waals surface area contributed by atoms with Gasteiger partial charge in [-0.25, -0.2) is 4.79 Å². The second-order valence-corrected chi connectivity index (χ2v) is 1.78. The van der Waals surface area contributed by atoms with Crippen molar-refractivity contribution in [1.29, 1.82) is 0 Å². The molecule has 3 nitrogen and oxygen atoms in total. The average Bonchev–Trinajstić information content (AvgIpc) is 1.89. The van der Waals surface area contributed by atoms with E-state index < -0.39 is 5.97 Å². The molecule has 0 aromatic rings. The van der Waals surface area contributed by atoms with E-state index >= 15 is 0 Å². The molecule has 60 valence electrons. The fourth-order valence-corrected chi connectivity index (χ4v) is 0.491. The minimum atomic E-state index is -0.624. The average molecular weight is 379 g/mol. The molecule has 0 aromatic heterocycles. The van der Waals surface area contributed by atoms with E-state index in [0.717, 1.165) is 0 Å². The number of hydrogen-bond acceptors (Lipinski definition) is 2. The van der Waals surface area contributed by atoms with Gasteiger partial charge < -0.3 is 16.6 Å². The van der Waals surface area contributed by atoms with Crippen LogP contribution in [0.3, 0.4) is 0 Å². The van der Waals surface area contributed by atoms with Crippen LogP contribution in [0.25, 0.3) is 5.41 Å². The van der Waals surface area contributed by atoms with Crippen molar-refractivity contribution in [2.75, 3.05) is 6.61 Å². The van der Waals surface area contributed by atoms with Crippen molar-refractivity contribution >= 4 is 11.7 Å². The van der Waals surface area contributed by atoms with Gasteiger partial charge >= 0.3 is 37.1 Å². The zero-order valence-electron chi connectivity index (χ0n) is 6.76. The molecule has 0 heterocycles. The van der Waals surface area contributed by atoms with E-state index in [9.17, 15) is 4.79 Å². The van der Waals surface area contributed by atoms with Crippen LogP contribution in [0.2, 0.25) is 0 Å². The minimum Gasteiger partial charge on any atom is -0.804 e. The summed E-state index contributed by atoms with van der Waals surface area (Å²) >= 11 is 0. The molecule has 0 aliphatic rings. The second kappa shape index (κ2) is 8.29. The van der Waals surface area contributed by atoms with Crippen molar-refractivity contribution < 1.29 is 40.6 Å². The van der Waals surface area contributed by atoms with Crippen LogP contribution in [0.5, 0.6) is 0 Å². The summed E-state index contributed by atoms with van der Waals surface area (Å²) in [6.07, 6.45) is 1.96. The molecule has 0 aromatic carbocycles. The van der Waals surface area contributed by atoms with Crippen LogP contribution in [0.1, 0.15) is 20.3 Å². The predicted molar refractivity (Wildman–Crippen MR) is 39.6 cm³/mol. The normalized spacial score (nSPS) is 8.18. The molecule has 0 aliphatic heterocycles. The number of carbonyl (C=O) groups is 1. The number of ether oxygens (including phenoxy) is 1. The van der Waals surface area contributed by atoms with Gasteiger partial charge in [0.05, 0.1) is 6.61 Å². The van der Waals surface area contributed by atoms with Gasteiger partial charge in [0, 0.05) is 0 Å². The molecule has 0 aliphatic carbocycles. The Bertz CT molecular complexity index is 120. The van der Waals surface area contributed by atoms with Crippen LogP contribution in [0.4, 0.5) is 0 Å². The largest absolute Gasteiger partial charge is 2.00 e. The van der Waals surface area contributed by atoms with E-state index in [4.69, 9.17) is 5.41 Å². The Morgan fingerprint density at radius 3 is 2.55 bits per heavy atom. The molecule has 0 unspecified atom stereocenters. The Morgan fingerprint density at radius 1 is 1.64 bits per heavy atom. The maximum absolute atomic E-state index is 10.6. The fraction of sp³-hybridized carbons (Fsp3) is 0.571. The molecule has 0 spiro atoms. The van der Waals surface area contributed by atoms with Gasteiger partial charge in [-0.05, 0) is 6.92 Å². The Morgan fingerprint density at radius 2 is 2.18 bits per heavy atom. The first-order valence-corrected chi connectivity index (χ1v) is 3.22. The van der Waals surface area contributed by atoms with Crippen molar-refractivity contribution in [2.24, 2.45) is 0 Å². The van der Waals surface area contributed by atoms with Gasteiger partial charge in [-0.3, -0.25) is 0 Å². The van der Waals surface area contributed by atoms with E-state index in [1.54, 1.807) is 20.3 Å². The topological polar surface area (TPSA) is 48.6 Å². The van der Waals surface area contributed by atoms with Gasteiger partial charge in [-0.1, -0.05) is 0 Å². The molecular formula is C7H11NO2U. The molecule has 0 saturated heterocycles. The number of nitrogens with zero attached hydrogens (tertiary/aromatic N) is 1. The van der Waals surface area contributed by atoms with E-state index in [2.05, 4.69) is 4.74 Å². The molecule has 0 radical (unpaired) electrons. The van der Waals surface area contributed by atoms with Crippen LogP contribution in [-0.2, 0) is 9.53 Å². The van der Waals surface area contributed by atoms with Gasteiger partial charge in [0.1, 0.15) is 0 Å². The first-order chi connectivity index (χ1) is 4.72. The Balaban J connectivity index is 0. The zero-order valence-corrected chi connectivity index (χ0v) is 10.9. The molecular weight excluding hydrogens is 368 g/mol. The van der Waals surface area contributed by atoms with Gasteiger partial charge in [0.15, 0.2) is 0 Å². The van der Waals surface area contributed by atoms with Gasteiger partial charge in [-0.2, -0.15) is 13.3 Å². The third-order valence-corrected chi connectivity index (χ3v) is 0.909. The van der Waals surface area contributed by atoms with Gasteiger partial charge in [0.25, 0.3) is 0 Å². The molecule has 0 atom stereocenters. The van der Waals surface area contributed by atoms with Crippen molar-refractivity contribution in [3.05, 3.63) is 11.8 Å². The number of rotatable bonds is 4. The monoisotopic (exact) mass is 379 g/mol.